The number of hydrogen-bond acceptors (Lipinski definition) is 12. The number of thiophene rings is 1. The molecule has 0 saturated carbocycles. The number of terminal acetylenes is 1. The molecule has 4 atom stereocenters. The molecule has 13 heteroatoms. The van der Waals surface area contributed by atoms with E-state index in [-0.39, 0.29) is 23.2 Å². The van der Waals surface area contributed by atoms with E-state index in [2.05, 4.69) is 39.7 Å². The first-order valence-corrected chi connectivity index (χ1v) is 15.9. The molecule has 7 rings (SSSR count). The van der Waals surface area contributed by atoms with Gasteiger partial charge in [-0.2, -0.15) is 19.9 Å². The molecule has 2 N–H and O–H groups in total. The summed E-state index contributed by atoms with van der Waals surface area (Å²) in [4.78, 5) is 24.4. The van der Waals surface area contributed by atoms with Crippen LogP contribution in [0.2, 0.25) is 0 Å². The molecule has 228 valence electrons. The average Bonchev–Trinajstić information content (AvgIpc) is 3.73. The van der Waals surface area contributed by atoms with Gasteiger partial charge in [-0.3, -0.25) is 4.90 Å². The molecule has 4 aliphatic rings. The van der Waals surface area contributed by atoms with Crippen molar-refractivity contribution in [2.24, 2.45) is 5.92 Å². The van der Waals surface area contributed by atoms with Crippen LogP contribution in [0.1, 0.15) is 67.8 Å². The smallest absolute Gasteiger partial charge is 0.321 e. The standard InChI is InChI=1S/C30H37FN8O3S/c1-4-20-22-21(43-23(20)32)7-5-8-29(22,3)26-33-25(37-42-26)24-34-27(38-11-12-40-16-18(2)14-38)36-28(35-24)41-17-30-9-6-10-39(30)15-19(31)13-30/h1,18-19H,5-17,32H2,2-3H3/t18?,19?,29?,30-/m0/s1. The minimum absolute atomic E-state index is 0.166. The van der Waals surface area contributed by atoms with Gasteiger partial charge in [0.15, 0.2) is 0 Å². The number of anilines is 2. The van der Waals surface area contributed by atoms with Crippen LogP contribution in [0.25, 0.3) is 11.6 Å². The average molecular weight is 609 g/mol. The fourth-order valence-corrected chi connectivity index (χ4v) is 8.54. The first-order chi connectivity index (χ1) is 20.8. The van der Waals surface area contributed by atoms with Crippen LogP contribution in [0.5, 0.6) is 6.01 Å². The number of fused-ring (bicyclic) bond motifs is 2. The zero-order valence-electron chi connectivity index (χ0n) is 24.6. The highest BCUT2D eigenvalue weighted by Crippen LogP contribution is 2.48. The Morgan fingerprint density at radius 1 is 1.16 bits per heavy atom. The van der Waals surface area contributed by atoms with E-state index in [1.807, 2.05) is 0 Å². The lowest BCUT2D eigenvalue weighted by atomic mass is 9.72. The molecule has 11 nitrogen and oxygen atoms in total. The fraction of sp³-hybridized carbons (Fsp3) is 0.633. The predicted octanol–water partition coefficient (Wildman–Crippen LogP) is 3.62. The molecule has 6 heterocycles. The maximum Gasteiger partial charge on any atom is 0.321 e. The second-order valence-corrected chi connectivity index (χ2v) is 13.8. The van der Waals surface area contributed by atoms with Crippen LogP contribution in [0.15, 0.2) is 4.52 Å². The molecule has 1 aliphatic carbocycles. The first-order valence-electron chi connectivity index (χ1n) is 15.1. The Balaban J connectivity index is 1.24. The number of ether oxygens (including phenoxy) is 2. The van der Waals surface area contributed by atoms with Crippen molar-refractivity contribution in [2.45, 2.75) is 69.5 Å². The van der Waals surface area contributed by atoms with Gasteiger partial charge in [-0.15, -0.1) is 17.8 Å². The van der Waals surface area contributed by atoms with Crippen molar-refractivity contribution >= 4 is 22.3 Å². The summed E-state index contributed by atoms with van der Waals surface area (Å²) in [5.41, 5.74) is 7.09. The number of nitrogens with two attached hydrogens (primary N) is 1. The molecular weight excluding hydrogens is 571 g/mol. The molecule has 0 spiro atoms. The van der Waals surface area contributed by atoms with E-state index in [9.17, 15) is 4.39 Å². The SMILES string of the molecule is C#Cc1c(N)sc2c1C(C)(c1nc(-c3nc(OC[C@@]45CCCN4CC(F)C5)nc(N4CCOCC(C)C4)n3)no1)CCC2. The van der Waals surface area contributed by atoms with Crippen LogP contribution in [-0.4, -0.2) is 87.7 Å². The lowest BCUT2D eigenvalue weighted by Crippen LogP contribution is -2.43. The molecule has 3 aromatic heterocycles. The molecular formula is C30H37FN8O3S. The van der Waals surface area contributed by atoms with Gasteiger partial charge in [-0.25, -0.2) is 4.39 Å². The molecule has 43 heavy (non-hydrogen) atoms. The van der Waals surface area contributed by atoms with Crippen molar-refractivity contribution in [3.63, 3.8) is 0 Å². The maximum atomic E-state index is 14.4. The van der Waals surface area contributed by atoms with Gasteiger partial charge >= 0.3 is 6.01 Å². The first kappa shape index (κ1) is 28.4. The number of nitrogens with zero attached hydrogens (tertiary/aromatic N) is 7. The number of rotatable bonds is 6. The van der Waals surface area contributed by atoms with Crippen LogP contribution >= 0.6 is 11.3 Å². The molecule has 3 aromatic rings. The maximum absolute atomic E-state index is 14.4. The Morgan fingerprint density at radius 3 is 2.91 bits per heavy atom. The molecule has 0 bridgehead atoms. The lowest BCUT2D eigenvalue weighted by molar-refractivity contribution is 0.107. The van der Waals surface area contributed by atoms with Crippen LogP contribution < -0.4 is 15.4 Å². The highest BCUT2D eigenvalue weighted by molar-refractivity contribution is 7.16. The summed E-state index contributed by atoms with van der Waals surface area (Å²) < 4.78 is 32.3. The predicted molar refractivity (Wildman–Crippen MR) is 160 cm³/mol. The molecule has 0 radical (unpaired) electrons. The summed E-state index contributed by atoms with van der Waals surface area (Å²) in [5.74, 6) is 4.48. The van der Waals surface area contributed by atoms with Gasteiger partial charge in [0.1, 0.15) is 17.8 Å². The third kappa shape index (κ3) is 5.03. The summed E-state index contributed by atoms with van der Waals surface area (Å²) in [6, 6.07) is 0.166. The largest absolute Gasteiger partial charge is 0.461 e. The lowest BCUT2D eigenvalue weighted by Gasteiger charge is -2.31. The summed E-state index contributed by atoms with van der Waals surface area (Å²) in [6.07, 6.45) is 10.1. The molecule has 3 saturated heterocycles. The Hall–Kier alpha value is -3.34. The van der Waals surface area contributed by atoms with Crippen molar-refractivity contribution in [2.75, 3.05) is 56.6 Å². The Morgan fingerprint density at radius 2 is 2.05 bits per heavy atom. The molecule has 3 fully saturated rings. The summed E-state index contributed by atoms with van der Waals surface area (Å²) in [6.45, 7) is 8.42. The minimum Gasteiger partial charge on any atom is -0.461 e. The Kier molecular flexibility index (Phi) is 7.26. The van der Waals surface area contributed by atoms with E-state index in [4.69, 9.17) is 41.1 Å². The monoisotopic (exact) mass is 608 g/mol. The van der Waals surface area contributed by atoms with Crippen LogP contribution in [0.3, 0.4) is 0 Å². The van der Waals surface area contributed by atoms with E-state index in [0.29, 0.717) is 67.7 Å². The van der Waals surface area contributed by atoms with Crippen molar-refractivity contribution in [1.82, 2.24) is 30.0 Å². The summed E-state index contributed by atoms with van der Waals surface area (Å²) in [5, 5.41) is 4.97. The molecule has 0 amide bonds. The second-order valence-electron chi connectivity index (χ2n) is 12.6. The Labute approximate surface area is 254 Å². The van der Waals surface area contributed by atoms with Gasteiger partial charge in [0.05, 0.1) is 29.7 Å². The number of aromatic nitrogens is 5. The van der Waals surface area contributed by atoms with Crippen molar-refractivity contribution < 1.29 is 18.4 Å². The zero-order valence-corrected chi connectivity index (χ0v) is 25.5. The van der Waals surface area contributed by atoms with Gasteiger partial charge in [-0.05, 0) is 57.1 Å². The summed E-state index contributed by atoms with van der Waals surface area (Å²) in [7, 11) is 0. The van der Waals surface area contributed by atoms with Crippen molar-refractivity contribution in [3.8, 4) is 30.0 Å². The molecule has 3 aliphatic heterocycles. The second kappa shape index (κ2) is 11.0. The van der Waals surface area contributed by atoms with E-state index < -0.39 is 11.6 Å². The van der Waals surface area contributed by atoms with Crippen molar-refractivity contribution in [1.29, 1.82) is 0 Å². The zero-order chi connectivity index (χ0) is 29.8. The molecule has 3 unspecified atom stereocenters. The normalized spacial score (nSPS) is 29.2. The number of nitrogen functional groups attached to an aromatic ring is 1. The highest BCUT2D eigenvalue weighted by Gasteiger charge is 2.49. The fourth-order valence-electron chi connectivity index (χ4n) is 7.34. The van der Waals surface area contributed by atoms with Gasteiger partial charge in [-0.1, -0.05) is 18.0 Å². The minimum atomic E-state index is -0.847. The third-order valence-electron chi connectivity index (χ3n) is 9.44. The number of alkyl halides is 1. The number of aryl methyl sites for hydroxylation is 1. The number of hydrogen-bond donors (Lipinski definition) is 1. The van der Waals surface area contributed by atoms with Gasteiger partial charge in [0, 0.05) is 30.9 Å². The van der Waals surface area contributed by atoms with Gasteiger partial charge in [0.25, 0.3) is 0 Å². The van der Waals surface area contributed by atoms with Crippen LogP contribution in [-0.2, 0) is 16.6 Å². The third-order valence-corrected chi connectivity index (χ3v) is 10.5. The topological polar surface area (TPSA) is 129 Å². The van der Waals surface area contributed by atoms with Gasteiger partial charge in [0.2, 0.25) is 23.5 Å². The Bertz CT molecular complexity index is 1560. The summed E-state index contributed by atoms with van der Waals surface area (Å²) >= 11 is 1.54. The molecule has 0 aromatic carbocycles. The van der Waals surface area contributed by atoms with E-state index >= 15 is 0 Å². The van der Waals surface area contributed by atoms with E-state index in [1.165, 1.54) is 11.3 Å². The van der Waals surface area contributed by atoms with E-state index in [0.717, 1.165) is 55.6 Å². The highest BCUT2D eigenvalue weighted by atomic mass is 32.1. The van der Waals surface area contributed by atoms with Crippen LogP contribution in [0, 0.1) is 18.3 Å². The van der Waals surface area contributed by atoms with E-state index in [1.54, 1.807) is 0 Å². The number of halogens is 1. The van der Waals surface area contributed by atoms with Crippen LogP contribution in [0.4, 0.5) is 15.3 Å². The van der Waals surface area contributed by atoms with Crippen molar-refractivity contribution in [3.05, 3.63) is 21.9 Å². The van der Waals surface area contributed by atoms with Gasteiger partial charge < -0.3 is 24.6 Å². The quantitative estimate of drug-likeness (QED) is 0.412.